The maximum atomic E-state index is 11.4. The molecule has 0 spiro atoms. The van der Waals surface area contributed by atoms with Crippen LogP contribution >= 0.6 is 0 Å². The monoisotopic (exact) mass is 214 g/mol. The zero-order chi connectivity index (χ0) is 11.8. The van der Waals surface area contributed by atoms with E-state index in [1.807, 2.05) is 20.8 Å². The van der Waals surface area contributed by atoms with Crippen LogP contribution in [0.4, 0.5) is 0 Å². The number of rotatable bonds is 7. The summed E-state index contributed by atoms with van der Waals surface area (Å²) >= 11 is 0. The van der Waals surface area contributed by atoms with Crippen LogP contribution in [0.2, 0.25) is 0 Å². The Kier molecular flexibility index (Phi) is 6.75. The van der Waals surface area contributed by atoms with Gasteiger partial charge >= 0.3 is 0 Å². The minimum atomic E-state index is -0.504. The first-order valence-electron chi connectivity index (χ1n) is 5.56. The van der Waals surface area contributed by atoms with Crippen LogP contribution in [0.5, 0.6) is 0 Å². The SMILES string of the molecule is CCCC[C@H](NC(=O)CC(C)C)C(N)=O. The third kappa shape index (κ3) is 6.94. The highest BCUT2D eigenvalue weighted by Crippen LogP contribution is 2.03. The van der Waals surface area contributed by atoms with Crippen molar-refractivity contribution in [3.05, 3.63) is 0 Å². The molecule has 0 aliphatic heterocycles. The van der Waals surface area contributed by atoms with Gasteiger partial charge in [-0.05, 0) is 12.3 Å². The first-order chi connectivity index (χ1) is 6.97. The van der Waals surface area contributed by atoms with Gasteiger partial charge < -0.3 is 11.1 Å². The molecule has 1 atom stereocenters. The molecule has 0 bridgehead atoms. The fraction of sp³-hybridized carbons (Fsp3) is 0.818. The molecule has 4 nitrogen and oxygen atoms in total. The van der Waals surface area contributed by atoms with Gasteiger partial charge in [-0.1, -0.05) is 33.6 Å². The van der Waals surface area contributed by atoms with E-state index < -0.39 is 11.9 Å². The lowest BCUT2D eigenvalue weighted by Gasteiger charge is -2.15. The number of nitrogens with one attached hydrogen (secondary N) is 1. The summed E-state index contributed by atoms with van der Waals surface area (Å²) in [4.78, 5) is 22.4. The van der Waals surface area contributed by atoms with Crippen LogP contribution in [0, 0.1) is 5.92 Å². The predicted molar refractivity (Wildman–Crippen MR) is 60.1 cm³/mol. The second-order valence-electron chi connectivity index (χ2n) is 4.26. The van der Waals surface area contributed by atoms with Crippen molar-refractivity contribution >= 4 is 11.8 Å². The number of amides is 2. The van der Waals surface area contributed by atoms with Crippen molar-refractivity contribution in [3.63, 3.8) is 0 Å². The maximum Gasteiger partial charge on any atom is 0.239 e. The lowest BCUT2D eigenvalue weighted by Crippen LogP contribution is -2.44. The summed E-state index contributed by atoms with van der Waals surface area (Å²) in [5.74, 6) is -0.241. The van der Waals surface area contributed by atoms with Crippen LogP contribution in [-0.2, 0) is 9.59 Å². The molecule has 0 aromatic rings. The Morgan fingerprint density at radius 3 is 2.33 bits per heavy atom. The van der Waals surface area contributed by atoms with Gasteiger partial charge in [0.15, 0.2) is 0 Å². The van der Waals surface area contributed by atoms with Crippen LogP contribution in [0.25, 0.3) is 0 Å². The topological polar surface area (TPSA) is 72.2 Å². The smallest absolute Gasteiger partial charge is 0.239 e. The van der Waals surface area contributed by atoms with Gasteiger partial charge in [-0.15, -0.1) is 0 Å². The fourth-order valence-corrected chi connectivity index (χ4v) is 1.32. The number of hydrogen-bond acceptors (Lipinski definition) is 2. The molecule has 0 aromatic carbocycles. The molecule has 88 valence electrons. The summed E-state index contributed by atoms with van der Waals surface area (Å²) in [5.41, 5.74) is 5.20. The molecule has 0 fully saturated rings. The maximum absolute atomic E-state index is 11.4. The average molecular weight is 214 g/mol. The van der Waals surface area contributed by atoms with Crippen molar-refractivity contribution in [1.29, 1.82) is 0 Å². The van der Waals surface area contributed by atoms with Gasteiger partial charge in [0, 0.05) is 6.42 Å². The summed E-state index contributed by atoms with van der Waals surface area (Å²) in [6.45, 7) is 5.96. The second kappa shape index (κ2) is 7.26. The third-order valence-electron chi connectivity index (χ3n) is 2.12. The Bertz CT molecular complexity index is 215. The molecule has 0 unspecified atom stereocenters. The Labute approximate surface area is 91.6 Å². The van der Waals surface area contributed by atoms with E-state index in [9.17, 15) is 9.59 Å². The van der Waals surface area contributed by atoms with Crippen molar-refractivity contribution in [2.75, 3.05) is 0 Å². The van der Waals surface area contributed by atoms with E-state index in [0.717, 1.165) is 12.8 Å². The fourth-order valence-electron chi connectivity index (χ4n) is 1.32. The van der Waals surface area contributed by atoms with Crippen LogP contribution in [-0.4, -0.2) is 17.9 Å². The summed E-state index contributed by atoms with van der Waals surface area (Å²) in [6, 6.07) is -0.504. The standard InChI is InChI=1S/C11H22N2O2/c1-4-5-6-9(11(12)15)13-10(14)7-8(2)3/h8-9H,4-7H2,1-3H3,(H2,12,15)(H,13,14)/t9-/m0/s1. The Morgan fingerprint density at radius 2 is 1.93 bits per heavy atom. The highest BCUT2D eigenvalue weighted by atomic mass is 16.2. The van der Waals surface area contributed by atoms with E-state index in [2.05, 4.69) is 5.32 Å². The summed E-state index contributed by atoms with van der Waals surface area (Å²) in [5, 5.41) is 2.67. The molecule has 15 heavy (non-hydrogen) atoms. The first kappa shape index (κ1) is 13.9. The Balaban J connectivity index is 4.04. The van der Waals surface area contributed by atoms with E-state index in [1.165, 1.54) is 0 Å². The molecule has 0 heterocycles. The number of nitrogens with two attached hydrogens (primary N) is 1. The number of carbonyl (C=O) groups is 2. The molecular formula is C11H22N2O2. The van der Waals surface area contributed by atoms with E-state index in [4.69, 9.17) is 5.73 Å². The third-order valence-corrected chi connectivity index (χ3v) is 2.12. The van der Waals surface area contributed by atoms with Crippen molar-refractivity contribution in [2.24, 2.45) is 11.7 Å². The van der Waals surface area contributed by atoms with Crippen LogP contribution in [0.15, 0.2) is 0 Å². The van der Waals surface area contributed by atoms with Crippen molar-refractivity contribution < 1.29 is 9.59 Å². The minimum absolute atomic E-state index is 0.0927. The molecule has 0 radical (unpaired) electrons. The van der Waals surface area contributed by atoms with Crippen molar-refractivity contribution in [2.45, 2.75) is 52.5 Å². The van der Waals surface area contributed by atoms with Gasteiger partial charge in [-0.2, -0.15) is 0 Å². The summed E-state index contributed by atoms with van der Waals surface area (Å²) in [6.07, 6.45) is 2.96. The Hall–Kier alpha value is -1.06. The van der Waals surface area contributed by atoms with Crippen molar-refractivity contribution in [1.82, 2.24) is 5.32 Å². The van der Waals surface area contributed by atoms with Gasteiger partial charge in [-0.3, -0.25) is 9.59 Å². The molecule has 0 saturated heterocycles. The zero-order valence-electron chi connectivity index (χ0n) is 9.88. The summed E-state index contributed by atoms with van der Waals surface area (Å²) < 4.78 is 0. The average Bonchev–Trinajstić information content (AvgIpc) is 2.10. The lowest BCUT2D eigenvalue weighted by molar-refractivity contribution is -0.128. The quantitative estimate of drug-likeness (QED) is 0.668. The Morgan fingerprint density at radius 1 is 1.33 bits per heavy atom. The molecule has 0 aliphatic carbocycles. The van der Waals surface area contributed by atoms with E-state index in [0.29, 0.717) is 18.8 Å². The number of unbranched alkanes of at least 4 members (excludes halogenated alkanes) is 1. The van der Waals surface area contributed by atoms with Gasteiger partial charge in [0.1, 0.15) is 6.04 Å². The molecule has 3 N–H and O–H groups in total. The van der Waals surface area contributed by atoms with Gasteiger partial charge in [0.25, 0.3) is 0 Å². The highest BCUT2D eigenvalue weighted by molar-refractivity contribution is 5.86. The van der Waals surface area contributed by atoms with Gasteiger partial charge in [0.2, 0.25) is 11.8 Å². The number of hydrogen-bond donors (Lipinski definition) is 2. The number of primary amides is 1. The molecule has 0 saturated carbocycles. The van der Waals surface area contributed by atoms with Crippen molar-refractivity contribution in [3.8, 4) is 0 Å². The minimum Gasteiger partial charge on any atom is -0.368 e. The zero-order valence-corrected chi connectivity index (χ0v) is 9.88. The largest absolute Gasteiger partial charge is 0.368 e. The van der Waals surface area contributed by atoms with E-state index >= 15 is 0 Å². The van der Waals surface area contributed by atoms with Gasteiger partial charge in [-0.25, -0.2) is 0 Å². The summed E-state index contributed by atoms with van der Waals surface area (Å²) in [7, 11) is 0. The normalized spacial score (nSPS) is 12.5. The molecular weight excluding hydrogens is 192 g/mol. The molecule has 0 aliphatic rings. The molecule has 0 rings (SSSR count). The lowest BCUT2D eigenvalue weighted by atomic mass is 10.1. The number of carbonyl (C=O) groups excluding carboxylic acids is 2. The van der Waals surface area contributed by atoms with Crippen LogP contribution in [0.1, 0.15) is 46.5 Å². The van der Waals surface area contributed by atoms with Crippen LogP contribution < -0.4 is 11.1 Å². The second-order valence-corrected chi connectivity index (χ2v) is 4.26. The molecule has 4 heteroatoms. The van der Waals surface area contributed by atoms with E-state index in [-0.39, 0.29) is 5.91 Å². The molecule has 2 amide bonds. The van der Waals surface area contributed by atoms with Gasteiger partial charge in [0.05, 0.1) is 0 Å². The van der Waals surface area contributed by atoms with Crippen LogP contribution in [0.3, 0.4) is 0 Å². The first-order valence-corrected chi connectivity index (χ1v) is 5.56. The molecule has 0 aromatic heterocycles. The predicted octanol–water partition coefficient (Wildman–Crippen LogP) is 1.19. The van der Waals surface area contributed by atoms with E-state index in [1.54, 1.807) is 0 Å². The highest BCUT2D eigenvalue weighted by Gasteiger charge is 2.17.